The van der Waals surface area contributed by atoms with Crippen LogP contribution in [0, 0.1) is 11.6 Å². The van der Waals surface area contributed by atoms with E-state index in [1.807, 2.05) is 46.9 Å². The summed E-state index contributed by atoms with van der Waals surface area (Å²) in [6.45, 7) is 28.6. The molecule has 9 heterocycles. The smallest absolute Gasteiger partial charge is 0.251 e. The Kier molecular flexibility index (Phi) is 18.0. The number of benzene rings is 2. The number of H-pyrrole nitrogens is 2. The molecule has 3 aromatic heterocycles. The highest BCUT2D eigenvalue weighted by Gasteiger charge is 2.43. The second-order valence-corrected chi connectivity index (χ2v) is 26.9. The summed E-state index contributed by atoms with van der Waals surface area (Å²) in [4.78, 5) is 93.0. The number of hydrogen-bond acceptors (Lipinski definition) is 14. The number of hydrogen-bond donors (Lipinski definition) is 4. The topological polar surface area (TPSA) is 198 Å². The van der Waals surface area contributed by atoms with E-state index in [1.54, 1.807) is 28.9 Å². The number of nitrogens with one attached hydrogen (secondary N) is 4. The van der Waals surface area contributed by atoms with Crippen LogP contribution in [0.1, 0.15) is 101 Å². The highest BCUT2D eigenvalue weighted by Crippen LogP contribution is 2.41. The van der Waals surface area contributed by atoms with Crippen LogP contribution in [0.5, 0.6) is 0 Å². The van der Waals surface area contributed by atoms with Crippen molar-refractivity contribution in [2.45, 2.75) is 135 Å². The maximum Gasteiger partial charge on any atom is 0.251 e. The molecular weight excluding hydrogens is 1100 g/mol. The molecule has 22 heteroatoms. The number of aromatic nitrogens is 5. The van der Waals surface area contributed by atoms with E-state index in [9.17, 15) is 32.8 Å². The van der Waals surface area contributed by atoms with Gasteiger partial charge in [0.2, 0.25) is 17.7 Å². The SMILES string of the molecule is C[C@@H]1CN(CC(=O)N2CC(C)(C)c3[nH]c(=O)c(Cc4ccc(F)cc4)cc32)[C@@H](CN2CCN(Cc3cn(CCC(=O)N4CCN(C[C@H]5CN[C@H](C)CN5CC(=O)N5CC(C)(C)c6[nH]c(=O)c(Cc7ccc(F)cc7)cc65)[C@H](C)C4)nn3)C[C@H]2C)CN1. The standard InChI is InChI=1S/C64H87F2N15O5/c1-41-29-77(37-57(83)80-39-63(5,6)59-54(80)25-47(61(85)69-59)23-45-9-13-49(65)14-10-45)52(27-67-41)35-74-20-19-73(31-43(74)3)33-51-34-79(72-71-51)18-17-56(82)76-22-21-75(44(4)32-76)36-53-28-68-42(2)30-78(53)38-58(84)81-40-64(7,8)60-55(81)26-48(62(86)70-60)24-46-11-15-50(66)16-12-46/h9-16,25-26,34,41-44,52-53,67-68H,17-24,27-33,35-40H2,1-8H3,(H,69,85)(H,70,86)/t41-,42-,43-,44-,52-,53-/m1/s1. The number of aromatic amines is 2. The summed E-state index contributed by atoms with van der Waals surface area (Å²) >= 11 is 0. The summed E-state index contributed by atoms with van der Waals surface area (Å²) in [6, 6.07) is 17.0. The molecule has 4 saturated heterocycles. The van der Waals surface area contributed by atoms with Gasteiger partial charge in [-0.3, -0.25) is 53.2 Å². The van der Waals surface area contributed by atoms with Gasteiger partial charge in [-0.25, -0.2) is 8.78 Å². The van der Waals surface area contributed by atoms with Gasteiger partial charge in [-0.2, -0.15) is 0 Å². The number of rotatable bonds is 17. The third-order valence-electron chi connectivity index (χ3n) is 19.0. The first-order valence-corrected chi connectivity index (χ1v) is 31.0. The predicted molar refractivity (Wildman–Crippen MR) is 328 cm³/mol. The Bertz CT molecular complexity index is 3390. The molecule has 4 fully saturated rings. The van der Waals surface area contributed by atoms with Gasteiger partial charge in [-0.1, -0.05) is 57.2 Å². The first kappa shape index (κ1) is 61.1. The van der Waals surface area contributed by atoms with Gasteiger partial charge < -0.3 is 35.3 Å². The van der Waals surface area contributed by atoms with Crippen molar-refractivity contribution in [2.24, 2.45) is 0 Å². The van der Waals surface area contributed by atoms with Crippen molar-refractivity contribution in [3.63, 3.8) is 0 Å². The summed E-state index contributed by atoms with van der Waals surface area (Å²) < 4.78 is 29.1. The average Bonchev–Trinajstić information content (AvgIpc) is 1.69. The number of anilines is 2. The van der Waals surface area contributed by atoms with Crippen LogP contribution >= 0.6 is 0 Å². The van der Waals surface area contributed by atoms with Crippen molar-refractivity contribution in [1.29, 1.82) is 0 Å². The first-order valence-electron chi connectivity index (χ1n) is 31.0. The van der Waals surface area contributed by atoms with E-state index in [0.717, 1.165) is 98.5 Å². The van der Waals surface area contributed by atoms with Crippen LogP contribution in [0.3, 0.4) is 0 Å². The number of carbonyl (C=O) groups is 3. The summed E-state index contributed by atoms with van der Waals surface area (Å²) in [6.07, 6.45) is 2.95. The third-order valence-corrected chi connectivity index (χ3v) is 19.0. The molecule has 11 rings (SSSR count). The van der Waals surface area contributed by atoms with Crippen LogP contribution in [-0.2, 0) is 51.1 Å². The molecule has 0 spiro atoms. The lowest BCUT2D eigenvalue weighted by Crippen LogP contribution is -2.63. The highest BCUT2D eigenvalue weighted by atomic mass is 19.1. The molecule has 0 saturated carbocycles. The zero-order chi connectivity index (χ0) is 60.8. The van der Waals surface area contributed by atoms with E-state index < -0.39 is 10.8 Å². The van der Waals surface area contributed by atoms with E-state index in [4.69, 9.17) is 0 Å². The van der Waals surface area contributed by atoms with Crippen LogP contribution in [0.15, 0.2) is 76.4 Å². The van der Waals surface area contributed by atoms with Crippen LogP contribution < -0.4 is 31.6 Å². The van der Waals surface area contributed by atoms with Gasteiger partial charge in [0, 0.05) is 193 Å². The van der Waals surface area contributed by atoms with Crippen molar-refractivity contribution in [2.75, 3.05) is 115 Å². The highest BCUT2D eigenvalue weighted by molar-refractivity contribution is 5.98. The Morgan fingerprint density at radius 3 is 1.56 bits per heavy atom. The normalized spacial score (nSPS) is 24.7. The van der Waals surface area contributed by atoms with E-state index in [0.29, 0.717) is 76.2 Å². The molecule has 462 valence electrons. The number of aryl methyl sites for hydroxylation is 1. The molecule has 0 bridgehead atoms. The summed E-state index contributed by atoms with van der Waals surface area (Å²) in [5.74, 6) is -0.575. The Balaban J connectivity index is 0.630. The lowest BCUT2D eigenvalue weighted by atomic mass is 9.91. The number of halogens is 2. The molecule has 20 nitrogen and oxygen atoms in total. The van der Waals surface area contributed by atoms with Crippen LogP contribution in [0.2, 0.25) is 0 Å². The number of nitrogens with zero attached hydrogens (tertiary/aromatic N) is 11. The zero-order valence-corrected chi connectivity index (χ0v) is 51.4. The van der Waals surface area contributed by atoms with Gasteiger partial charge in [0.25, 0.3) is 11.1 Å². The van der Waals surface area contributed by atoms with Crippen molar-refractivity contribution >= 4 is 29.1 Å². The van der Waals surface area contributed by atoms with Gasteiger partial charge in [-0.15, -0.1) is 5.10 Å². The number of pyridine rings is 2. The first-order chi connectivity index (χ1) is 41.0. The van der Waals surface area contributed by atoms with Gasteiger partial charge >= 0.3 is 0 Å². The third kappa shape index (κ3) is 13.8. The average molecular weight is 1180 g/mol. The van der Waals surface area contributed by atoms with Crippen LogP contribution in [-0.4, -0.2) is 213 Å². The predicted octanol–water partition coefficient (Wildman–Crippen LogP) is 3.52. The minimum Gasteiger partial charge on any atom is -0.340 e. The van der Waals surface area contributed by atoms with Crippen molar-refractivity contribution < 1.29 is 23.2 Å². The quantitative estimate of drug-likeness (QED) is 0.106. The van der Waals surface area contributed by atoms with Gasteiger partial charge in [0.05, 0.1) is 36.7 Å². The molecule has 6 aliphatic heterocycles. The van der Waals surface area contributed by atoms with Crippen LogP contribution in [0.4, 0.5) is 20.2 Å². The minimum absolute atomic E-state index is 0.00675. The maximum atomic E-state index is 14.4. The molecule has 5 aromatic rings. The second kappa shape index (κ2) is 25.3. The Morgan fingerprint density at radius 2 is 1.08 bits per heavy atom. The molecule has 3 amide bonds. The number of piperazine rings is 4. The number of fused-ring (bicyclic) bond motifs is 2. The van der Waals surface area contributed by atoms with Gasteiger partial charge in [-0.05, 0) is 75.2 Å². The van der Waals surface area contributed by atoms with E-state index in [-0.39, 0.29) is 89.8 Å². The zero-order valence-electron chi connectivity index (χ0n) is 51.4. The fourth-order valence-electron chi connectivity index (χ4n) is 14.0. The van der Waals surface area contributed by atoms with Crippen LogP contribution in [0.25, 0.3) is 0 Å². The fraction of sp³-hybridized carbons (Fsp3) is 0.578. The fourth-order valence-corrected chi connectivity index (χ4v) is 14.0. The largest absolute Gasteiger partial charge is 0.340 e. The second-order valence-electron chi connectivity index (χ2n) is 26.9. The van der Waals surface area contributed by atoms with E-state index >= 15 is 0 Å². The Labute approximate surface area is 503 Å². The molecule has 0 radical (unpaired) electrons. The van der Waals surface area contributed by atoms with Gasteiger partial charge in [0.1, 0.15) is 11.6 Å². The number of amides is 3. The molecule has 4 N–H and O–H groups in total. The Morgan fingerprint density at radius 1 is 0.605 bits per heavy atom. The molecule has 6 atom stereocenters. The van der Waals surface area contributed by atoms with E-state index in [1.165, 1.54) is 24.3 Å². The lowest BCUT2D eigenvalue weighted by Gasteiger charge is -2.45. The summed E-state index contributed by atoms with van der Waals surface area (Å²) in [7, 11) is 0. The van der Waals surface area contributed by atoms with Gasteiger partial charge in [0.15, 0.2) is 0 Å². The molecule has 2 aromatic carbocycles. The molecule has 0 aliphatic carbocycles. The summed E-state index contributed by atoms with van der Waals surface area (Å²) in [5, 5.41) is 16.3. The Hall–Kier alpha value is -6.53. The monoisotopic (exact) mass is 1180 g/mol. The lowest BCUT2D eigenvalue weighted by molar-refractivity contribution is -0.134. The summed E-state index contributed by atoms with van der Waals surface area (Å²) in [5.41, 5.74) is 5.30. The van der Waals surface area contributed by atoms with Crippen molar-refractivity contribution in [3.05, 3.63) is 139 Å². The number of carbonyl (C=O) groups excluding carboxylic acids is 3. The van der Waals surface area contributed by atoms with Crippen molar-refractivity contribution in [3.8, 4) is 0 Å². The van der Waals surface area contributed by atoms with E-state index in [2.05, 4.69) is 97.0 Å². The molecule has 0 unspecified atom stereocenters. The maximum absolute atomic E-state index is 14.4. The minimum atomic E-state index is -0.444. The molecular formula is C64H87F2N15O5. The molecule has 6 aliphatic rings. The molecule has 86 heavy (non-hydrogen) atoms. The van der Waals surface area contributed by atoms with Crippen molar-refractivity contribution in [1.82, 2.24) is 65.0 Å².